The summed E-state index contributed by atoms with van der Waals surface area (Å²) in [5, 5.41) is 2.60. The van der Waals surface area contributed by atoms with Crippen LogP contribution in [-0.4, -0.2) is 9.55 Å². The van der Waals surface area contributed by atoms with E-state index in [2.05, 4.69) is 71.3 Å². The lowest BCUT2D eigenvalue weighted by Gasteiger charge is -2.37. The molecule has 24 heavy (non-hydrogen) atoms. The second-order valence-corrected chi connectivity index (χ2v) is 6.99. The van der Waals surface area contributed by atoms with Crippen molar-refractivity contribution in [2.24, 2.45) is 7.05 Å². The highest BCUT2D eigenvalue weighted by molar-refractivity contribution is 5.81. The molecule has 2 aromatic carbocycles. The van der Waals surface area contributed by atoms with Crippen molar-refractivity contribution in [2.45, 2.75) is 24.7 Å². The summed E-state index contributed by atoms with van der Waals surface area (Å²) in [6, 6.07) is 20.1. The first-order chi connectivity index (χ1) is 11.8. The Balaban J connectivity index is 1.51. The molecule has 1 aliphatic carbocycles. The van der Waals surface area contributed by atoms with E-state index in [4.69, 9.17) is 0 Å². The average molecular weight is 312 g/mol. The number of hydrogen-bond acceptors (Lipinski definition) is 1. The van der Waals surface area contributed by atoms with Gasteiger partial charge in [-0.15, -0.1) is 0 Å². The van der Waals surface area contributed by atoms with E-state index in [-0.39, 0.29) is 0 Å². The Morgan fingerprint density at radius 3 is 2.42 bits per heavy atom. The first kappa shape index (κ1) is 13.8. The van der Waals surface area contributed by atoms with Gasteiger partial charge in [0.05, 0.1) is 5.52 Å². The molecule has 1 saturated carbocycles. The van der Waals surface area contributed by atoms with Crippen molar-refractivity contribution in [1.29, 1.82) is 0 Å². The minimum Gasteiger partial charge on any atom is -0.351 e. The van der Waals surface area contributed by atoms with Gasteiger partial charge in [0.25, 0.3) is 0 Å². The van der Waals surface area contributed by atoms with Crippen LogP contribution >= 0.6 is 0 Å². The third-order valence-electron chi connectivity index (χ3n) is 5.67. The number of hydrogen-bond donors (Lipinski definition) is 0. The fraction of sp³-hybridized carbons (Fsp3) is 0.227. The van der Waals surface area contributed by atoms with Crippen LogP contribution < -0.4 is 0 Å². The zero-order chi connectivity index (χ0) is 16.1. The molecule has 2 atom stereocenters. The lowest BCUT2D eigenvalue weighted by atomic mass is 9.67. The van der Waals surface area contributed by atoms with Crippen LogP contribution in [-0.2, 0) is 7.05 Å². The Morgan fingerprint density at radius 1 is 0.875 bits per heavy atom. The lowest BCUT2D eigenvalue weighted by Crippen LogP contribution is -2.21. The summed E-state index contributed by atoms with van der Waals surface area (Å²) in [6.45, 7) is 0. The fourth-order valence-electron chi connectivity index (χ4n) is 4.15. The quantitative estimate of drug-likeness (QED) is 0.485. The van der Waals surface area contributed by atoms with Crippen molar-refractivity contribution in [1.82, 2.24) is 9.55 Å². The smallest absolute Gasteiger partial charge is 0.0702 e. The monoisotopic (exact) mass is 312 g/mol. The summed E-state index contributed by atoms with van der Waals surface area (Å²) in [7, 11) is 2.11. The van der Waals surface area contributed by atoms with Gasteiger partial charge in [-0.3, -0.25) is 4.98 Å². The van der Waals surface area contributed by atoms with Crippen LogP contribution in [0.4, 0.5) is 0 Å². The SMILES string of the molecule is Cn1ccc2cc(C3CCC3c3ccc4ncccc4c3)ccc21. The predicted octanol–water partition coefficient (Wildman–Crippen LogP) is 5.39. The van der Waals surface area contributed by atoms with Crippen LogP contribution in [0.5, 0.6) is 0 Å². The maximum Gasteiger partial charge on any atom is 0.0702 e. The molecule has 0 radical (unpaired) electrons. The molecule has 118 valence electrons. The number of aromatic nitrogens is 2. The number of rotatable bonds is 2. The Morgan fingerprint density at radius 2 is 1.62 bits per heavy atom. The number of aryl methyl sites for hydroxylation is 1. The van der Waals surface area contributed by atoms with E-state index in [1.165, 1.54) is 40.3 Å². The number of fused-ring (bicyclic) bond motifs is 2. The van der Waals surface area contributed by atoms with Crippen LogP contribution in [0.15, 0.2) is 67.0 Å². The maximum absolute atomic E-state index is 4.44. The molecule has 5 rings (SSSR count). The van der Waals surface area contributed by atoms with Crippen molar-refractivity contribution in [3.05, 3.63) is 78.1 Å². The van der Waals surface area contributed by atoms with Crippen molar-refractivity contribution >= 4 is 21.8 Å². The number of nitrogens with zero attached hydrogens (tertiary/aromatic N) is 2. The van der Waals surface area contributed by atoms with E-state index in [1.807, 2.05) is 12.3 Å². The predicted molar refractivity (Wildman–Crippen MR) is 99.4 cm³/mol. The summed E-state index contributed by atoms with van der Waals surface area (Å²) in [5.74, 6) is 1.28. The van der Waals surface area contributed by atoms with Crippen molar-refractivity contribution in [3.8, 4) is 0 Å². The molecule has 0 N–H and O–H groups in total. The molecular formula is C22H20N2. The normalized spacial score (nSPS) is 20.4. The van der Waals surface area contributed by atoms with Crippen LogP contribution in [0.2, 0.25) is 0 Å². The molecule has 0 amide bonds. The third-order valence-corrected chi connectivity index (χ3v) is 5.67. The topological polar surface area (TPSA) is 17.8 Å². The van der Waals surface area contributed by atoms with Gasteiger partial charge in [0.1, 0.15) is 0 Å². The maximum atomic E-state index is 4.44. The van der Waals surface area contributed by atoms with Crippen molar-refractivity contribution < 1.29 is 0 Å². The van der Waals surface area contributed by atoms with E-state index in [1.54, 1.807) is 0 Å². The summed E-state index contributed by atoms with van der Waals surface area (Å²) >= 11 is 0. The highest BCUT2D eigenvalue weighted by Gasteiger charge is 2.33. The van der Waals surface area contributed by atoms with Gasteiger partial charge >= 0.3 is 0 Å². The minimum atomic E-state index is 0.635. The lowest BCUT2D eigenvalue weighted by molar-refractivity contribution is 0.347. The Hall–Kier alpha value is -2.61. The summed E-state index contributed by atoms with van der Waals surface area (Å²) in [5.41, 5.74) is 5.34. The number of pyridine rings is 1. The first-order valence-electron chi connectivity index (χ1n) is 8.69. The molecule has 2 heterocycles. The van der Waals surface area contributed by atoms with E-state index >= 15 is 0 Å². The summed E-state index contributed by atoms with van der Waals surface area (Å²) < 4.78 is 2.19. The van der Waals surface area contributed by atoms with E-state index in [9.17, 15) is 0 Å². The highest BCUT2D eigenvalue weighted by atomic mass is 14.9. The molecule has 1 aliphatic rings. The Kier molecular flexibility index (Phi) is 2.99. The van der Waals surface area contributed by atoms with Crippen LogP contribution in [0.1, 0.15) is 35.8 Å². The van der Waals surface area contributed by atoms with Gasteiger partial charge in [0, 0.05) is 30.3 Å². The van der Waals surface area contributed by atoms with Gasteiger partial charge in [-0.1, -0.05) is 18.2 Å². The molecule has 0 saturated heterocycles. The zero-order valence-corrected chi connectivity index (χ0v) is 13.8. The molecular weight excluding hydrogens is 292 g/mol. The molecule has 0 aliphatic heterocycles. The van der Waals surface area contributed by atoms with E-state index in [0.717, 1.165) is 5.52 Å². The second-order valence-electron chi connectivity index (χ2n) is 6.99. The molecule has 1 fully saturated rings. The minimum absolute atomic E-state index is 0.635. The molecule has 2 unspecified atom stereocenters. The van der Waals surface area contributed by atoms with Crippen LogP contribution in [0.3, 0.4) is 0 Å². The van der Waals surface area contributed by atoms with Gasteiger partial charge in [-0.2, -0.15) is 0 Å². The second kappa shape index (κ2) is 5.20. The van der Waals surface area contributed by atoms with Gasteiger partial charge in [0.2, 0.25) is 0 Å². The summed E-state index contributed by atoms with van der Waals surface area (Å²) in [6.07, 6.45) is 6.57. The Labute approximate surface area is 141 Å². The highest BCUT2D eigenvalue weighted by Crippen LogP contribution is 2.49. The van der Waals surface area contributed by atoms with E-state index in [0.29, 0.717) is 11.8 Å². The van der Waals surface area contributed by atoms with Gasteiger partial charge in [-0.25, -0.2) is 0 Å². The fourth-order valence-corrected chi connectivity index (χ4v) is 4.15. The first-order valence-corrected chi connectivity index (χ1v) is 8.69. The third kappa shape index (κ3) is 2.06. The standard InChI is InChI=1S/C22H20N2/c1-24-12-10-18-14-16(5-9-22(18)24)20-7-6-19(20)15-4-8-21-17(13-15)3-2-11-23-21/h2-5,8-14,19-20H,6-7H2,1H3. The van der Waals surface area contributed by atoms with Gasteiger partial charge < -0.3 is 4.57 Å². The van der Waals surface area contributed by atoms with Gasteiger partial charge in [0.15, 0.2) is 0 Å². The van der Waals surface area contributed by atoms with Crippen molar-refractivity contribution in [2.75, 3.05) is 0 Å². The molecule has 2 heteroatoms. The zero-order valence-electron chi connectivity index (χ0n) is 13.8. The summed E-state index contributed by atoms with van der Waals surface area (Å²) in [4.78, 5) is 4.44. The average Bonchev–Trinajstić information content (AvgIpc) is 2.94. The van der Waals surface area contributed by atoms with Crippen LogP contribution in [0.25, 0.3) is 21.8 Å². The Bertz CT molecular complexity index is 1040. The molecule has 2 nitrogen and oxygen atoms in total. The molecule has 4 aromatic rings. The molecule has 2 aromatic heterocycles. The van der Waals surface area contributed by atoms with E-state index < -0.39 is 0 Å². The molecule has 0 spiro atoms. The number of benzene rings is 2. The van der Waals surface area contributed by atoms with Crippen molar-refractivity contribution in [3.63, 3.8) is 0 Å². The largest absolute Gasteiger partial charge is 0.351 e. The van der Waals surface area contributed by atoms with Crippen LogP contribution in [0, 0.1) is 0 Å². The molecule has 0 bridgehead atoms. The van der Waals surface area contributed by atoms with Gasteiger partial charge in [-0.05, 0) is 77.6 Å².